The van der Waals surface area contributed by atoms with Crippen molar-refractivity contribution in [1.82, 2.24) is 0 Å². The quantitative estimate of drug-likeness (QED) is 0.630. The average Bonchev–Trinajstić information content (AvgIpc) is 1.59. The fraction of sp³-hybridized carbons (Fsp3) is 0.750. The van der Waals surface area contributed by atoms with Gasteiger partial charge in [0.1, 0.15) is 0 Å². The zero-order chi connectivity index (χ0) is 8.20. The zero-order valence-electron chi connectivity index (χ0n) is 5.40. The highest BCUT2D eigenvalue weighted by atomic mass is 33.1. The van der Waals surface area contributed by atoms with Gasteiger partial charge in [-0.15, -0.1) is 0 Å². The Kier molecular flexibility index (Phi) is 3.73. The summed E-state index contributed by atoms with van der Waals surface area (Å²) in [5.74, 6) is -0.857. The molecule has 0 bridgehead atoms. The summed E-state index contributed by atoms with van der Waals surface area (Å²) in [4.78, 5) is 9.88. The third kappa shape index (κ3) is 7.77. The van der Waals surface area contributed by atoms with Crippen molar-refractivity contribution < 1.29 is 18.3 Å². The van der Waals surface area contributed by atoms with Crippen molar-refractivity contribution in [2.45, 2.75) is 6.42 Å². The van der Waals surface area contributed by atoms with Crippen LogP contribution in [0.15, 0.2) is 0 Å². The van der Waals surface area contributed by atoms with Gasteiger partial charge in [0.25, 0.3) is 0 Å². The molecule has 1 N–H and O–H groups in total. The van der Waals surface area contributed by atoms with Crippen LogP contribution in [-0.4, -0.2) is 31.5 Å². The second-order valence-corrected chi connectivity index (χ2v) is 6.25. The highest BCUT2D eigenvalue weighted by molar-refractivity contribution is 8.71. The van der Waals surface area contributed by atoms with E-state index in [1.165, 1.54) is 0 Å². The van der Waals surface area contributed by atoms with E-state index in [0.29, 0.717) is 10.8 Å². The van der Waals surface area contributed by atoms with E-state index >= 15 is 0 Å². The van der Waals surface area contributed by atoms with E-state index in [4.69, 9.17) is 5.11 Å². The minimum atomic E-state index is -3.07. The Bertz CT molecular complexity index is 205. The van der Waals surface area contributed by atoms with E-state index in [-0.39, 0.29) is 12.2 Å². The summed E-state index contributed by atoms with van der Waals surface area (Å²) in [6, 6.07) is 0. The predicted molar refractivity (Wildman–Crippen MR) is 39.6 cm³/mol. The average molecular weight is 184 g/mol. The highest BCUT2D eigenvalue weighted by Gasteiger charge is 2.03. The topological polar surface area (TPSA) is 71.4 Å². The monoisotopic (exact) mass is 184 g/mol. The molecule has 0 amide bonds. The molecule has 60 valence electrons. The fourth-order valence-electron chi connectivity index (χ4n) is 0.280. The van der Waals surface area contributed by atoms with Gasteiger partial charge in [-0.3, -0.25) is 4.79 Å². The van der Waals surface area contributed by atoms with Crippen LogP contribution in [0.25, 0.3) is 0 Å². The van der Waals surface area contributed by atoms with Crippen LogP contribution in [0.3, 0.4) is 0 Å². The van der Waals surface area contributed by atoms with Crippen molar-refractivity contribution in [2.75, 3.05) is 12.0 Å². The van der Waals surface area contributed by atoms with Crippen molar-refractivity contribution in [3.05, 3.63) is 0 Å². The molecule has 0 spiro atoms. The summed E-state index contributed by atoms with van der Waals surface area (Å²) in [5.41, 5.74) is 0. The van der Waals surface area contributed by atoms with Crippen LogP contribution < -0.4 is 0 Å². The lowest BCUT2D eigenvalue weighted by molar-refractivity contribution is -0.136. The van der Waals surface area contributed by atoms with Crippen molar-refractivity contribution in [3.63, 3.8) is 0 Å². The first-order chi connectivity index (χ1) is 4.42. The van der Waals surface area contributed by atoms with Gasteiger partial charge in [-0.2, -0.15) is 0 Å². The molecule has 0 fully saturated rings. The Labute approximate surface area is 62.9 Å². The maximum absolute atomic E-state index is 10.4. The number of hydrogen-bond donors (Lipinski definition) is 1. The standard InChI is InChI=1S/C4H8O4S2/c1-10(7,8)9-3-2-4(5)6/h2-3H2,1H3,(H,5,6). The largest absolute Gasteiger partial charge is 0.481 e. The van der Waals surface area contributed by atoms with E-state index in [1.807, 2.05) is 0 Å². The number of carboxylic acids is 1. The summed E-state index contributed by atoms with van der Waals surface area (Å²) in [7, 11) is -2.41. The molecule has 4 nitrogen and oxygen atoms in total. The van der Waals surface area contributed by atoms with Gasteiger partial charge in [-0.05, 0) is 10.8 Å². The highest BCUT2D eigenvalue weighted by Crippen LogP contribution is 2.09. The normalized spacial score (nSPS) is 11.3. The van der Waals surface area contributed by atoms with Crippen LogP contribution >= 0.6 is 10.8 Å². The third-order valence-electron chi connectivity index (χ3n) is 0.613. The molecule has 0 saturated heterocycles. The molecule has 0 atom stereocenters. The van der Waals surface area contributed by atoms with Gasteiger partial charge in [0.2, 0.25) is 0 Å². The molecule has 0 heterocycles. The summed E-state index contributed by atoms with van der Waals surface area (Å²) in [6.07, 6.45) is 0.942. The molecule has 0 radical (unpaired) electrons. The van der Waals surface area contributed by atoms with Crippen molar-refractivity contribution in [3.8, 4) is 0 Å². The molecule has 0 rings (SSSR count). The number of aliphatic carboxylic acids is 1. The minimum Gasteiger partial charge on any atom is -0.481 e. The zero-order valence-corrected chi connectivity index (χ0v) is 7.04. The second kappa shape index (κ2) is 3.82. The molecular formula is C4H8O4S2. The number of hydrogen-bond acceptors (Lipinski definition) is 4. The Morgan fingerprint density at radius 1 is 1.60 bits per heavy atom. The SMILES string of the molecule is CS(=O)(=O)SCCC(=O)O. The first-order valence-electron chi connectivity index (χ1n) is 2.48. The Balaban J connectivity index is 3.49. The smallest absolute Gasteiger partial charge is 0.304 e. The molecular weight excluding hydrogens is 176 g/mol. The molecule has 0 aliphatic heterocycles. The van der Waals surface area contributed by atoms with Gasteiger partial charge in [0.15, 0.2) is 8.87 Å². The van der Waals surface area contributed by atoms with E-state index in [9.17, 15) is 13.2 Å². The van der Waals surface area contributed by atoms with E-state index in [1.54, 1.807) is 0 Å². The molecule has 0 aromatic carbocycles. The maximum Gasteiger partial charge on any atom is 0.304 e. The van der Waals surface area contributed by atoms with Gasteiger partial charge >= 0.3 is 5.97 Å². The second-order valence-electron chi connectivity index (χ2n) is 1.67. The number of rotatable bonds is 4. The predicted octanol–water partition coefficient (Wildman–Crippen LogP) is 0.154. The summed E-state index contributed by atoms with van der Waals surface area (Å²) in [5, 5.41) is 8.10. The van der Waals surface area contributed by atoms with Crippen molar-refractivity contribution in [2.24, 2.45) is 0 Å². The van der Waals surface area contributed by atoms with E-state index < -0.39 is 14.8 Å². The van der Waals surface area contributed by atoms with E-state index in [2.05, 4.69) is 0 Å². The Morgan fingerprint density at radius 2 is 2.10 bits per heavy atom. The van der Waals surface area contributed by atoms with Crippen LogP contribution in [0.4, 0.5) is 0 Å². The Morgan fingerprint density at radius 3 is 2.40 bits per heavy atom. The van der Waals surface area contributed by atoms with Gasteiger partial charge in [-0.25, -0.2) is 8.42 Å². The van der Waals surface area contributed by atoms with Gasteiger partial charge in [0.05, 0.1) is 6.42 Å². The van der Waals surface area contributed by atoms with Crippen molar-refractivity contribution in [1.29, 1.82) is 0 Å². The maximum atomic E-state index is 10.4. The van der Waals surface area contributed by atoms with Gasteiger partial charge in [0, 0.05) is 12.0 Å². The fourth-order valence-corrected chi connectivity index (χ4v) is 2.00. The molecule has 0 saturated carbocycles. The summed E-state index contributed by atoms with van der Waals surface area (Å²) in [6.45, 7) is 0. The lowest BCUT2D eigenvalue weighted by Gasteiger charge is -1.92. The molecule has 6 heteroatoms. The van der Waals surface area contributed by atoms with Crippen LogP contribution in [-0.2, 0) is 13.7 Å². The third-order valence-corrected chi connectivity index (χ3v) is 3.20. The van der Waals surface area contributed by atoms with E-state index in [0.717, 1.165) is 6.26 Å². The summed E-state index contributed by atoms with van der Waals surface area (Å²) >= 11 is 0. The van der Waals surface area contributed by atoms with Gasteiger partial charge < -0.3 is 5.11 Å². The lowest BCUT2D eigenvalue weighted by Crippen LogP contribution is -1.98. The molecule has 0 unspecified atom stereocenters. The molecule has 0 aliphatic carbocycles. The van der Waals surface area contributed by atoms with Crippen LogP contribution in [0.5, 0.6) is 0 Å². The molecule has 0 aromatic heterocycles. The molecule has 10 heavy (non-hydrogen) atoms. The summed E-state index contributed by atoms with van der Waals surface area (Å²) < 4.78 is 20.8. The Hall–Kier alpha value is -0.230. The first kappa shape index (κ1) is 9.77. The first-order valence-corrected chi connectivity index (χ1v) is 5.87. The molecule has 0 aromatic rings. The minimum absolute atomic E-state index is 0.113. The van der Waals surface area contributed by atoms with Crippen LogP contribution in [0.2, 0.25) is 0 Å². The van der Waals surface area contributed by atoms with Crippen LogP contribution in [0.1, 0.15) is 6.42 Å². The molecule has 0 aliphatic rings. The van der Waals surface area contributed by atoms with Crippen LogP contribution in [0, 0.1) is 0 Å². The van der Waals surface area contributed by atoms with Gasteiger partial charge in [-0.1, -0.05) is 0 Å². The van der Waals surface area contributed by atoms with Crippen molar-refractivity contribution >= 4 is 25.6 Å². The number of carbonyl (C=O) groups is 1. The lowest BCUT2D eigenvalue weighted by atomic mass is 10.5. The number of carboxylic acid groups (broad SMARTS) is 1.